The van der Waals surface area contributed by atoms with Gasteiger partial charge in [-0.05, 0) is 67.4 Å². The van der Waals surface area contributed by atoms with Crippen LogP contribution >= 0.6 is 15.9 Å². The van der Waals surface area contributed by atoms with Gasteiger partial charge in [-0.25, -0.2) is 4.68 Å². The van der Waals surface area contributed by atoms with Crippen LogP contribution in [0.25, 0.3) is 0 Å². The molecule has 176 valence electrons. The first kappa shape index (κ1) is 23.4. The van der Waals surface area contributed by atoms with Crippen molar-refractivity contribution in [1.82, 2.24) is 29.3 Å². The number of hydrogen-bond donors (Lipinski definition) is 1. The van der Waals surface area contributed by atoms with Crippen molar-refractivity contribution in [1.29, 1.82) is 0 Å². The van der Waals surface area contributed by atoms with Gasteiger partial charge in [0.1, 0.15) is 18.1 Å². The number of hydrogen-bond acceptors (Lipinski definition) is 6. The molecule has 4 rings (SSSR count). The smallest absolute Gasteiger partial charge is 0.312 e. The van der Waals surface area contributed by atoms with Gasteiger partial charge >= 0.3 is 5.69 Å². The molecule has 1 aromatic carbocycles. The maximum Gasteiger partial charge on any atom is 0.312 e. The van der Waals surface area contributed by atoms with Crippen LogP contribution in [0.15, 0.2) is 41.0 Å². The molecule has 11 nitrogen and oxygen atoms in total. The molecule has 3 heterocycles. The van der Waals surface area contributed by atoms with E-state index in [4.69, 9.17) is 0 Å². The van der Waals surface area contributed by atoms with Gasteiger partial charge in [0.05, 0.1) is 27.3 Å². The normalized spacial score (nSPS) is 11.1. The van der Waals surface area contributed by atoms with E-state index in [1.165, 1.54) is 9.36 Å². The molecule has 1 amide bonds. The van der Waals surface area contributed by atoms with Crippen molar-refractivity contribution in [3.05, 3.63) is 85.1 Å². The van der Waals surface area contributed by atoms with Gasteiger partial charge in [0.2, 0.25) is 0 Å². The van der Waals surface area contributed by atoms with Gasteiger partial charge in [-0.2, -0.15) is 15.3 Å². The fraction of sp³-hybridized carbons (Fsp3) is 0.273. The van der Waals surface area contributed by atoms with Gasteiger partial charge in [0.25, 0.3) is 5.91 Å². The van der Waals surface area contributed by atoms with Crippen LogP contribution < -0.4 is 5.32 Å². The van der Waals surface area contributed by atoms with Crippen molar-refractivity contribution in [3.63, 3.8) is 0 Å². The Morgan fingerprint density at radius 1 is 1.06 bits per heavy atom. The SMILES string of the molecule is Cc1nn(Cc2cccc(NC(=O)c3ccn(Cn4nc(C)c([N+](=O)[O-])c4C)n3)c2)c(C)c1Br. The average Bonchev–Trinajstić information content (AvgIpc) is 3.42. The summed E-state index contributed by atoms with van der Waals surface area (Å²) in [5.74, 6) is -0.357. The van der Waals surface area contributed by atoms with Gasteiger partial charge < -0.3 is 5.32 Å². The third-order valence-electron chi connectivity index (χ3n) is 5.49. The number of nitro groups is 1. The molecule has 0 aliphatic heterocycles. The summed E-state index contributed by atoms with van der Waals surface area (Å²) >= 11 is 3.54. The highest BCUT2D eigenvalue weighted by Crippen LogP contribution is 2.23. The Labute approximate surface area is 203 Å². The Bertz CT molecular complexity index is 1400. The predicted molar refractivity (Wildman–Crippen MR) is 129 cm³/mol. The maximum absolute atomic E-state index is 12.7. The van der Waals surface area contributed by atoms with Gasteiger partial charge in [0, 0.05) is 11.9 Å². The Morgan fingerprint density at radius 3 is 2.44 bits per heavy atom. The number of nitrogens with one attached hydrogen (secondary N) is 1. The van der Waals surface area contributed by atoms with Crippen LogP contribution in [0.2, 0.25) is 0 Å². The Hall–Kier alpha value is -3.80. The highest BCUT2D eigenvalue weighted by molar-refractivity contribution is 9.10. The quantitative estimate of drug-likeness (QED) is 0.286. The summed E-state index contributed by atoms with van der Waals surface area (Å²) in [5.41, 5.74) is 4.56. The summed E-state index contributed by atoms with van der Waals surface area (Å²) in [5, 5.41) is 27.1. The van der Waals surface area contributed by atoms with Gasteiger partial charge in [-0.1, -0.05) is 12.1 Å². The second kappa shape index (κ2) is 9.21. The standard InChI is InChI=1S/C22H23BrN8O3/c1-13-20(23)15(3)29(25-13)11-17-6-5-7-18(10-17)24-22(32)19-8-9-28(27-19)12-30-16(4)21(31(33)34)14(2)26-30/h5-10H,11-12H2,1-4H3,(H,24,32). The van der Waals surface area contributed by atoms with E-state index in [1.54, 1.807) is 26.1 Å². The molecule has 1 N–H and O–H groups in total. The summed E-state index contributed by atoms with van der Waals surface area (Å²) in [6.45, 7) is 7.89. The minimum atomic E-state index is -0.447. The lowest BCUT2D eigenvalue weighted by molar-refractivity contribution is -0.386. The highest BCUT2D eigenvalue weighted by atomic mass is 79.9. The van der Waals surface area contributed by atoms with Crippen LogP contribution in [0.5, 0.6) is 0 Å². The van der Waals surface area contributed by atoms with E-state index in [9.17, 15) is 14.9 Å². The molecule has 0 saturated carbocycles. The lowest BCUT2D eigenvalue weighted by atomic mass is 10.2. The summed E-state index contributed by atoms with van der Waals surface area (Å²) in [4.78, 5) is 23.5. The third kappa shape index (κ3) is 4.62. The molecule has 0 atom stereocenters. The van der Waals surface area contributed by atoms with E-state index >= 15 is 0 Å². The second-order valence-corrected chi connectivity index (χ2v) is 8.75. The zero-order valence-electron chi connectivity index (χ0n) is 19.1. The van der Waals surface area contributed by atoms with Crippen LogP contribution in [0.3, 0.4) is 0 Å². The summed E-state index contributed by atoms with van der Waals surface area (Å²) in [6.07, 6.45) is 1.63. The molecule has 4 aromatic rings. The van der Waals surface area contributed by atoms with Gasteiger partial charge in [-0.15, -0.1) is 0 Å². The van der Waals surface area contributed by atoms with Crippen molar-refractivity contribution in [2.24, 2.45) is 0 Å². The van der Waals surface area contributed by atoms with Crippen LogP contribution in [0.1, 0.15) is 38.8 Å². The topological polar surface area (TPSA) is 126 Å². The molecular weight excluding hydrogens is 504 g/mol. The molecule has 0 unspecified atom stereocenters. The minimum absolute atomic E-state index is 0.0159. The molecular formula is C22H23BrN8O3. The predicted octanol–water partition coefficient (Wildman–Crippen LogP) is 3.99. The number of halogens is 1. The van der Waals surface area contributed by atoms with Gasteiger partial charge in [0.15, 0.2) is 5.69 Å². The van der Waals surface area contributed by atoms with Crippen molar-refractivity contribution in [3.8, 4) is 0 Å². The number of aryl methyl sites for hydroxylation is 2. The van der Waals surface area contributed by atoms with Crippen LogP contribution in [0.4, 0.5) is 11.4 Å². The number of benzene rings is 1. The molecule has 34 heavy (non-hydrogen) atoms. The number of rotatable bonds is 7. The first-order valence-electron chi connectivity index (χ1n) is 10.5. The number of anilines is 1. The van der Waals surface area contributed by atoms with Crippen molar-refractivity contribution >= 4 is 33.2 Å². The number of amides is 1. The second-order valence-electron chi connectivity index (χ2n) is 7.95. The summed E-state index contributed by atoms with van der Waals surface area (Å²) in [7, 11) is 0. The largest absolute Gasteiger partial charge is 0.321 e. The first-order valence-corrected chi connectivity index (χ1v) is 11.2. The van der Waals surface area contributed by atoms with Crippen molar-refractivity contribution < 1.29 is 9.72 Å². The number of aromatic nitrogens is 6. The molecule has 0 saturated heterocycles. The van der Waals surface area contributed by atoms with Gasteiger partial charge in [-0.3, -0.25) is 24.3 Å². The molecule has 0 radical (unpaired) electrons. The number of nitrogens with zero attached hydrogens (tertiary/aromatic N) is 7. The Morgan fingerprint density at radius 2 is 1.79 bits per heavy atom. The molecule has 12 heteroatoms. The fourth-order valence-electron chi connectivity index (χ4n) is 3.73. The molecule has 0 aliphatic carbocycles. The molecule has 0 bridgehead atoms. The molecule has 0 spiro atoms. The zero-order chi connectivity index (χ0) is 24.6. The molecule has 0 fully saturated rings. The Balaban J connectivity index is 1.45. The lowest BCUT2D eigenvalue weighted by Crippen LogP contribution is -2.16. The number of carbonyl (C=O) groups is 1. The number of carbonyl (C=O) groups excluding carboxylic acids is 1. The molecule has 3 aromatic heterocycles. The monoisotopic (exact) mass is 526 g/mol. The molecule has 0 aliphatic rings. The van der Waals surface area contributed by atoms with E-state index in [2.05, 4.69) is 36.5 Å². The first-order chi connectivity index (χ1) is 16.1. The lowest BCUT2D eigenvalue weighted by Gasteiger charge is -2.08. The minimum Gasteiger partial charge on any atom is -0.321 e. The fourth-order valence-corrected chi connectivity index (χ4v) is 4.02. The van der Waals surface area contributed by atoms with Crippen LogP contribution in [0, 0.1) is 37.8 Å². The van der Waals surface area contributed by atoms with Crippen molar-refractivity contribution in [2.45, 2.75) is 40.9 Å². The van der Waals surface area contributed by atoms with Crippen LogP contribution in [-0.2, 0) is 13.2 Å². The average molecular weight is 527 g/mol. The highest BCUT2D eigenvalue weighted by Gasteiger charge is 2.22. The zero-order valence-corrected chi connectivity index (χ0v) is 20.7. The van der Waals surface area contributed by atoms with E-state index in [-0.39, 0.29) is 24.0 Å². The summed E-state index contributed by atoms with van der Waals surface area (Å²) in [6, 6.07) is 9.15. The van der Waals surface area contributed by atoms with E-state index in [0.717, 1.165) is 21.4 Å². The maximum atomic E-state index is 12.7. The van der Waals surface area contributed by atoms with E-state index in [1.807, 2.05) is 42.8 Å². The van der Waals surface area contributed by atoms with Crippen LogP contribution in [-0.4, -0.2) is 40.2 Å². The summed E-state index contributed by atoms with van der Waals surface area (Å²) < 4.78 is 5.89. The van der Waals surface area contributed by atoms with E-state index in [0.29, 0.717) is 23.6 Å². The Kier molecular flexibility index (Phi) is 6.33. The third-order valence-corrected chi connectivity index (χ3v) is 6.64. The van der Waals surface area contributed by atoms with Crippen molar-refractivity contribution in [2.75, 3.05) is 5.32 Å². The van der Waals surface area contributed by atoms with E-state index < -0.39 is 4.92 Å².